The zero-order valence-electron chi connectivity index (χ0n) is 17.5. The second kappa shape index (κ2) is 10.1. The molecular formula is C21H28Cl2N6O2. The Bertz CT molecular complexity index is 940. The van der Waals surface area contributed by atoms with E-state index in [-0.39, 0.29) is 34.3 Å². The first-order valence-corrected chi connectivity index (χ1v) is 10.9. The quantitative estimate of drug-likeness (QED) is 0.508. The number of halogens is 2. The van der Waals surface area contributed by atoms with Crippen LogP contribution in [0.4, 0.5) is 11.6 Å². The van der Waals surface area contributed by atoms with Gasteiger partial charge in [-0.05, 0) is 37.8 Å². The Morgan fingerprint density at radius 1 is 1.23 bits per heavy atom. The minimum Gasteiger partial charge on any atom is -0.390 e. The van der Waals surface area contributed by atoms with Gasteiger partial charge in [0.05, 0.1) is 29.0 Å². The molecule has 0 aliphatic carbocycles. The van der Waals surface area contributed by atoms with E-state index in [1.807, 2.05) is 0 Å². The summed E-state index contributed by atoms with van der Waals surface area (Å²) in [6, 6.07) is 5.04. The fraction of sp³-hybridized carbons (Fsp3) is 0.476. The van der Waals surface area contributed by atoms with Gasteiger partial charge >= 0.3 is 0 Å². The van der Waals surface area contributed by atoms with Crippen molar-refractivity contribution in [3.63, 3.8) is 0 Å². The molecule has 3 heterocycles. The Labute approximate surface area is 192 Å². The summed E-state index contributed by atoms with van der Waals surface area (Å²) < 4.78 is 5.59. The lowest BCUT2D eigenvalue weighted by Crippen LogP contribution is -2.41. The molecule has 0 unspecified atom stereocenters. The summed E-state index contributed by atoms with van der Waals surface area (Å²) in [5.74, 6) is 0.704. The Hall–Kier alpha value is -1.97. The van der Waals surface area contributed by atoms with Crippen molar-refractivity contribution in [1.82, 2.24) is 9.97 Å². The maximum Gasteiger partial charge on any atom is 0.155 e. The first kappa shape index (κ1) is 23.7. The molecule has 31 heavy (non-hydrogen) atoms. The third-order valence-electron chi connectivity index (χ3n) is 5.89. The first-order valence-electron chi connectivity index (χ1n) is 10.1. The predicted octanol–water partition coefficient (Wildman–Crippen LogP) is 2.86. The molecule has 0 bridgehead atoms. The van der Waals surface area contributed by atoms with Gasteiger partial charge in [0.25, 0.3) is 0 Å². The van der Waals surface area contributed by atoms with Crippen molar-refractivity contribution in [2.75, 3.05) is 44.0 Å². The van der Waals surface area contributed by atoms with Gasteiger partial charge in [0, 0.05) is 25.3 Å². The Kier molecular flexibility index (Phi) is 7.72. The molecule has 0 saturated carbocycles. The van der Waals surface area contributed by atoms with Crippen LogP contribution in [-0.2, 0) is 11.3 Å². The predicted molar refractivity (Wildman–Crippen MR) is 124 cm³/mol. The third kappa shape index (κ3) is 4.78. The second-order valence-corrected chi connectivity index (χ2v) is 8.44. The summed E-state index contributed by atoms with van der Waals surface area (Å²) in [6.07, 6.45) is 3.11. The van der Waals surface area contributed by atoms with Gasteiger partial charge in [0.1, 0.15) is 11.4 Å². The lowest BCUT2D eigenvalue weighted by atomic mass is 9.78. The van der Waals surface area contributed by atoms with Crippen molar-refractivity contribution in [3.05, 3.63) is 45.2 Å². The van der Waals surface area contributed by atoms with E-state index < -0.39 is 0 Å². The maximum atomic E-state index is 9.91. The Balaban J connectivity index is 0.00000132. The molecule has 1 aromatic carbocycles. The molecular weight excluding hydrogens is 439 g/mol. The molecule has 2 saturated heterocycles. The van der Waals surface area contributed by atoms with Crippen LogP contribution in [0.25, 0.3) is 0 Å². The summed E-state index contributed by atoms with van der Waals surface area (Å²) >= 11 is 12.3. The molecule has 4 rings (SSSR count). The molecule has 0 amide bonds. The molecule has 2 aromatic rings. The van der Waals surface area contributed by atoms with E-state index in [0.717, 1.165) is 45.6 Å². The van der Waals surface area contributed by atoms with E-state index in [1.165, 1.54) is 7.05 Å². The monoisotopic (exact) mass is 466 g/mol. The van der Waals surface area contributed by atoms with Crippen molar-refractivity contribution in [2.24, 2.45) is 11.1 Å². The molecule has 2 aliphatic heterocycles. The van der Waals surface area contributed by atoms with Crippen molar-refractivity contribution < 1.29 is 9.84 Å². The number of anilines is 2. The largest absolute Gasteiger partial charge is 0.390 e. The lowest BCUT2D eigenvalue weighted by Gasteiger charge is -2.39. The van der Waals surface area contributed by atoms with E-state index in [2.05, 4.69) is 20.6 Å². The summed E-state index contributed by atoms with van der Waals surface area (Å²) in [5.41, 5.74) is 12.0. The summed E-state index contributed by atoms with van der Waals surface area (Å²) in [6.45, 7) is 2.97. The molecule has 1 aromatic heterocycles. The fourth-order valence-corrected chi connectivity index (χ4v) is 4.47. The molecule has 6 N–H and O–H groups in total. The van der Waals surface area contributed by atoms with E-state index in [1.54, 1.807) is 18.2 Å². The number of rotatable bonds is 4. The van der Waals surface area contributed by atoms with Crippen LogP contribution in [0.5, 0.6) is 0 Å². The van der Waals surface area contributed by atoms with Gasteiger partial charge in [-0.15, -0.1) is 0 Å². The number of benzene rings is 1. The second-order valence-electron chi connectivity index (χ2n) is 7.65. The van der Waals surface area contributed by atoms with Crippen LogP contribution < -0.4 is 16.4 Å². The number of nitrogens with one attached hydrogen (secondary N) is 1. The SMILES string of the molecule is CN.N=C(c1cccc(Cl)c1Cl)c1nc(CO)c(N2CCC3(CCOC3)CC2)nc1N. The number of aliphatic hydroxyl groups excluding tert-OH is 1. The highest BCUT2D eigenvalue weighted by Crippen LogP contribution is 2.40. The number of nitrogens with two attached hydrogens (primary N) is 2. The fourth-order valence-electron chi connectivity index (χ4n) is 4.08. The van der Waals surface area contributed by atoms with Gasteiger partial charge in [-0.3, -0.25) is 5.41 Å². The zero-order chi connectivity index (χ0) is 22.6. The summed E-state index contributed by atoms with van der Waals surface area (Å²) in [4.78, 5) is 11.1. The zero-order valence-corrected chi connectivity index (χ0v) is 19.0. The van der Waals surface area contributed by atoms with Crippen LogP contribution in [0.1, 0.15) is 36.2 Å². The number of piperidine rings is 1. The molecule has 10 heteroatoms. The van der Waals surface area contributed by atoms with Gasteiger partial charge < -0.3 is 26.2 Å². The maximum absolute atomic E-state index is 9.91. The highest BCUT2D eigenvalue weighted by molar-refractivity contribution is 6.44. The van der Waals surface area contributed by atoms with Gasteiger partial charge in [0.15, 0.2) is 11.6 Å². The average molecular weight is 467 g/mol. The van der Waals surface area contributed by atoms with Gasteiger partial charge in [0.2, 0.25) is 0 Å². The Morgan fingerprint density at radius 3 is 2.55 bits per heavy atom. The molecule has 8 nitrogen and oxygen atoms in total. The highest BCUT2D eigenvalue weighted by atomic mass is 35.5. The number of nitrogen functional groups attached to an aromatic ring is 1. The van der Waals surface area contributed by atoms with Gasteiger partial charge in [-0.1, -0.05) is 35.3 Å². The van der Waals surface area contributed by atoms with Crippen LogP contribution in [0.15, 0.2) is 18.2 Å². The molecule has 0 radical (unpaired) electrons. The van der Waals surface area contributed by atoms with E-state index in [0.29, 0.717) is 22.1 Å². The number of nitrogens with zero attached hydrogens (tertiary/aromatic N) is 3. The molecule has 168 valence electrons. The molecule has 2 fully saturated rings. The van der Waals surface area contributed by atoms with Crippen LogP contribution in [0.3, 0.4) is 0 Å². The van der Waals surface area contributed by atoms with Crippen molar-refractivity contribution in [1.29, 1.82) is 5.41 Å². The van der Waals surface area contributed by atoms with Crippen LogP contribution >= 0.6 is 23.2 Å². The number of aromatic nitrogens is 2. The molecule has 0 atom stereocenters. The highest BCUT2D eigenvalue weighted by Gasteiger charge is 2.38. The summed E-state index contributed by atoms with van der Waals surface area (Å²) in [7, 11) is 1.50. The average Bonchev–Trinajstić information content (AvgIpc) is 3.25. The van der Waals surface area contributed by atoms with Crippen molar-refractivity contribution >= 4 is 40.5 Å². The number of hydrogen-bond donors (Lipinski definition) is 4. The standard InChI is InChI=1S/C20H23Cl2N5O2.CH5N/c21-13-3-1-2-12(15(13)22)16(23)17-18(24)26-19(14(10-28)25-17)27-7-4-20(5-8-27)6-9-29-11-20;1-2/h1-3,23,28H,4-11H2,(H2,24,26);2H2,1H3. The normalized spacial score (nSPS) is 17.4. The molecule has 2 aliphatic rings. The lowest BCUT2D eigenvalue weighted by molar-refractivity contribution is 0.133. The van der Waals surface area contributed by atoms with Crippen LogP contribution in [-0.4, -0.2) is 54.1 Å². The van der Waals surface area contributed by atoms with E-state index in [9.17, 15) is 5.11 Å². The molecule has 1 spiro atoms. The Morgan fingerprint density at radius 2 is 1.94 bits per heavy atom. The topological polar surface area (TPSA) is 134 Å². The summed E-state index contributed by atoms with van der Waals surface area (Å²) in [5, 5.41) is 19.0. The minimum atomic E-state index is -0.295. The van der Waals surface area contributed by atoms with Gasteiger partial charge in [-0.2, -0.15) is 0 Å². The number of hydrogen-bond acceptors (Lipinski definition) is 8. The smallest absolute Gasteiger partial charge is 0.155 e. The van der Waals surface area contributed by atoms with E-state index >= 15 is 0 Å². The first-order chi connectivity index (χ1) is 14.9. The van der Waals surface area contributed by atoms with Crippen molar-refractivity contribution in [3.8, 4) is 0 Å². The van der Waals surface area contributed by atoms with Gasteiger partial charge in [-0.25, -0.2) is 9.97 Å². The van der Waals surface area contributed by atoms with Crippen molar-refractivity contribution in [2.45, 2.75) is 25.9 Å². The van der Waals surface area contributed by atoms with E-state index in [4.69, 9.17) is 39.1 Å². The number of ether oxygens (including phenoxy) is 1. The minimum absolute atomic E-state index is 0.0180. The third-order valence-corrected chi connectivity index (χ3v) is 6.71. The van der Waals surface area contributed by atoms with Crippen LogP contribution in [0, 0.1) is 10.8 Å². The number of aliphatic hydroxyl groups is 1. The van der Waals surface area contributed by atoms with Crippen LogP contribution in [0.2, 0.25) is 10.0 Å².